The minimum absolute atomic E-state index is 0.0267. The summed E-state index contributed by atoms with van der Waals surface area (Å²) in [5, 5.41) is 6.97. The highest BCUT2D eigenvalue weighted by Gasteiger charge is 2.34. The molecule has 2 aromatic carbocycles. The van der Waals surface area contributed by atoms with Gasteiger partial charge in [-0.15, -0.1) is 0 Å². The van der Waals surface area contributed by atoms with Crippen molar-refractivity contribution in [1.82, 2.24) is 15.1 Å². The quantitative estimate of drug-likeness (QED) is 0.531. The lowest BCUT2D eigenvalue weighted by Crippen LogP contribution is -2.40. The van der Waals surface area contributed by atoms with Gasteiger partial charge in [0.1, 0.15) is 13.7 Å². The van der Waals surface area contributed by atoms with Gasteiger partial charge in [0.2, 0.25) is 5.91 Å². The Balaban J connectivity index is 1.30. The summed E-state index contributed by atoms with van der Waals surface area (Å²) in [5.74, 6) is -0.225. The normalized spacial score (nSPS) is 19.3. The second kappa shape index (κ2) is 12.5. The van der Waals surface area contributed by atoms with E-state index in [-0.39, 0.29) is 31.1 Å². The number of hydrogen-bond donors (Lipinski definition) is 1. The second-order valence-corrected chi connectivity index (χ2v) is 8.99. The summed E-state index contributed by atoms with van der Waals surface area (Å²) in [5.41, 5.74) is 3.55. The van der Waals surface area contributed by atoms with Gasteiger partial charge in [-0.25, -0.2) is 0 Å². The lowest BCUT2D eigenvalue weighted by molar-refractivity contribution is -0.126. The Morgan fingerprint density at radius 2 is 1.74 bits per heavy atom. The van der Waals surface area contributed by atoms with Crippen molar-refractivity contribution in [3.8, 4) is 11.1 Å². The molecule has 2 amide bonds. The molecule has 186 valence electrons. The van der Waals surface area contributed by atoms with Gasteiger partial charge in [0.15, 0.2) is 0 Å². The maximum Gasteiger partial charge on any atom is 0.254 e. The van der Waals surface area contributed by atoms with Crippen LogP contribution in [0.15, 0.2) is 59.8 Å². The molecule has 2 fully saturated rings. The molecule has 0 aliphatic carbocycles. The maximum absolute atomic E-state index is 13.3. The fourth-order valence-corrected chi connectivity index (χ4v) is 4.65. The summed E-state index contributed by atoms with van der Waals surface area (Å²) in [6, 6.07) is 17.5. The van der Waals surface area contributed by atoms with Crippen LogP contribution in [0.25, 0.3) is 11.1 Å². The second-order valence-electron chi connectivity index (χ2n) is 8.99. The van der Waals surface area contributed by atoms with E-state index in [0.717, 1.165) is 36.5 Å². The Hall–Kier alpha value is -3.23. The first-order valence-corrected chi connectivity index (χ1v) is 12.3. The number of hydrogen-bond acceptors (Lipinski definition) is 6. The predicted molar refractivity (Wildman–Crippen MR) is 135 cm³/mol. The van der Waals surface area contributed by atoms with Gasteiger partial charge >= 0.3 is 0 Å². The number of amides is 2. The van der Waals surface area contributed by atoms with E-state index >= 15 is 0 Å². The first kappa shape index (κ1) is 24.9. The largest absolute Gasteiger partial charge is 0.399 e. The van der Waals surface area contributed by atoms with E-state index in [2.05, 4.69) is 15.4 Å². The number of nitrogens with one attached hydrogen (secondary N) is 1. The highest BCUT2D eigenvalue weighted by Crippen LogP contribution is 2.23. The number of ether oxygens (including phenoxy) is 1. The van der Waals surface area contributed by atoms with Crippen LogP contribution < -0.4 is 5.32 Å². The summed E-state index contributed by atoms with van der Waals surface area (Å²) in [4.78, 5) is 34.5. The summed E-state index contributed by atoms with van der Waals surface area (Å²) >= 11 is 0. The Kier molecular flexibility index (Phi) is 8.86. The topological polar surface area (TPSA) is 83.5 Å². The molecule has 4 rings (SSSR count). The maximum atomic E-state index is 13.3. The third-order valence-corrected chi connectivity index (χ3v) is 6.48. The average molecular weight is 479 g/mol. The zero-order valence-electron chi connectivity index (χ0n) is 20.3. The van der Waals surface area contributed by atoms with E-state index in [0.29, 0.717) is 25.1 Å². The summed E-state index contributed by atoms with van der Waals surface area (Å²) in [6.45, 7) is 4.33. The van der Waals surface area contributed by atoms with Crippen LogP contribution in [0.1, 0.15) is 29.6 Å². The lowest BCUT2D eigenvalue weighted by atomic mass is 10.0. The Bertz CT molecular complexity index is 1000. The predicted octanol–water partition coefficient (Wildman–Crippen LogP) is 2.80. The standard InChI is InChI=1S/C27H34N4O4/c1-34-29-24-17-25(19-35-20-26(32)28-13-16-30-14-5-6-15-30)31(18-24)27(33)23-11-9-22(10-12-23)21-7-3-2-4-8-21/h2-4,7-12,25H,5-6,13-20H2,1H3,(H,28,32)/b29-24-/t25-/m0/s1. The monoisotopic (exact) mass is 478 g/mol. The van der Waals surface area contributed by atoms with Crippen LogP contribution in [0.2, 0.25) is 0 Å². The highest BCUT2D eigenvalue weighted by molar-refractivity contribution is 6.00. The Morgan fingerprint density at radius 1 is 1.03 bits per heavy atom. The molecule has 1 N–H and O–H groups in total. The van der Waals surface area contributed by atoms with E-state index in [1.165, 1.54) is 20.0 Å². The van der Waals surface area contributed by atoms with E-state index < -0.39 is 0 Å². The van der Waals surface area contributed by atoms with Gasteiger partial charge in [0, 0.05) is 25.1 Å². The first-order valence-electron chi connectivity index (χ1n) is 12.3. The van der Waals surface area contributed by atoms with Crippen LogP contribution in [-0.2, 0) is 14.4 Å². The third-order valence-electron chi connectivity index (χ3n) is 6.48. The number of oxime groups is 1. The first-order chi connectivity index (χ1) is 17.1. The van der Waals surface area contributed by atoms with Gasteiger partial charge in [-0.05, 0) is 49.2 Å². The molecule has 2 aromatic rings. The molecule has 2 aliphatic heterocycles. The minimum atomic E-state index is -0.206. The van der Waals surface area contributed by atoms with Crippen molar-refractivity contribution < 1.29 is 19.2 Å². The van der Waals surface area contributed by atoms with Crippen molar-refractivity contribution in [3.05, 3.63) is 60.2 Å². The molecule has 0 unspecified atom stereocenters. The van der Waals surface area contributed by atoms with Gasteiger partial charge in [0.25, 0.3) is 5.91 Å². The zero-order chi connectivity index (χ0) is 24.5. The van der Waals surface area contributed by atoms with Crippen molar-refractivity contribution >= 4 is 17.5 Å². The SMILES string of the molecule is CO/N=C1/C[C@@H](COCC(=O)NCCN2CCCC2)N(C(=O)c2ccc(-c3ccccc3)cc2)C1. The van der Waals surface area contributed by atoms with Crippen molar-refractivity contribution in [2.45, 2.75) is 25.3 Å². The van der Waals surface area contributed by atoms with Crippen LogP contribution >= 0.6 is 0 Å². The molecule has 0 saturated carbocycles. The fraction of sp³-hybridized carbons (Fsp3) is 0.444. The molecule has 1 atom stereocenters. The average Bonchev–Trinajstić information content (AvgIpc) is 3.55. The Morgan fingerprint density at radius 3 is 2.46 bits per heavy atom. The number of likely N-dealkylation sites (tertiary alicyclic amines) is 2. The van der Waals surface area contributed by atoms with Crippen molar-refractivity contribution in [1.29, 1.82) is 0 Å². The molecular weight excluding hydrogens is 444 g/mol. The molecule has 2 heterocycles. The minimum Gasteiger partial charge on any atom is -0.399 e. The van der Waals surface area contributed by atoms with E-state index in [4.69, 9.17) is 9.57 Å². The molecule has 0 bridgehead atoms. The summed E-state index contributed by atoms with van der Waals surface area (Å²) in [7, 11) is 1.50. The Labute approximate surface area is 206 Å². The van der Waals surface area contributed by atoms with Crippen molar-refractivity contribution in [3.63, 3.8) is 0 Å². The van der Waals surface area contributed by atoms with E-state index in [9.17, 15) is 9.59 Å². The van der Waals surface area contributed by atoms with Crippen LogP contribution in [0.4, 0.5) is 0 Å². The number of nitrogens with zero attached hydrogens (tertiary/aromatic N) is 3. The van der Waals surface area contributed by atoms with Crippen molar-refractivity contribution in [2.24, 2.45) is 5.16 Å². The molecule has 0 radical (unpaired) electrons. The molecule has 35 heavy (non-hydrogen) atoms. The van der Waals surface area contributed by atoms with Crippen LogP contribution in [-0.4, -0.2) is 86.4 Å². The summed E-state index contributed by atoms with van der Waals surface area (Å²) < 4.78 is 5.71. The number of carbonyl (C=O) groups is 2. The third kappa shape index (κ3) is 6.90. The van der Waals surface area contributed by atoms with E-state index in [1.807, 2.05) is 54.6 Å². The molecule has 8 nitrogen and oxygen atoms in total. The van der Waals surface area contributed by atoms with Gasteiger partial charge in [-0.1, -0.05) is 47.6 Å². The van der Waals surface area contributed by atoms with Gasteiger partial charge in [-0.2, -0.15) is 0 Å². The summed E-state index contributed by atoms with van der Waals surface area (Å²) in [6.07, 6.45) is 3.02. The molecule has 8 heteroatoms. The van der Waals surface area contributed by atoms with Gasteiger partial charge in [-0.3, -0.25) is 9.59 Å². The number of benzene rings is 2. The van der Waals surface area contributed by atoms with Gasteiger partial charge < -0.3 is 24.7 Å². The van der Waals surface area contributed by atoms with Crippen molar-refractivity contribution in [2.75, 3.05) is 53.0 Å². The number of carbonyl (C=O) groups excluding carboxylic acids is 2. The molecule has 2 saturated heterocycles. The highest BCUT2D eigenvalue weighted by atomic mass is 16.6. The molecular formula is C27H34N4O4. The molecule has 2 aliphatic rings. The van der Waals surface area contributed by atoms with E-state index in [1.54, 1.807) is 4.90 Å². The van der Waals surface area contributed by atoms with Gasteiger partial charge in [0.05, 0.1) is 24.9 Å². The van der Waals surface area contributed by atoms with Crippen LogP contribution in [0.5, 0.6) is 0 Å². The molecule has 0 spiro atoms. The fourth-order valence-electron chi connectivity index (χ4n) is 4.65. The smallest absolute Gasteiger partial charge is 0.254 e. The molecule has 0 aromatic heterocycles. The van der Waals surface area contributed by atoms with Crippen LogP contribution in [0.3, 0.4) is 0 Å². The van der Waals surface area contributed by atoms with Crippen LogP contribution in [0, 0.1) is 0 Å². The zero-order valence-corrected chi connectivity index (χ0v) is 20.3. The lowest BCUT2D eigenvalue weighted by Gasteiger charge is -2.24. The number of rotatable bonds is 10.